The first-order valence-electron chi connectivity index (χ1n) is 13.1. The molecule has 2 saturated heterocycles. The van der Waals surface area contributed by atoms with Crippen LogP contribution in [0.15, 0.2) is 23.7 Å². The van der Waals surface area contributed by atoms with Gasteiger partial charge in [-0.25, -0.2) is 19.6 Å². The van der Waals surface area contributed by atoms with Crippen LogP contribution in [0.4, 0.5) is 27.0 Å². The van der Waals surface area contributed by atoms with Gasteiger partial charge in [-0.15, -0.1) is 16.4 Å². The number of hydrogen-bond acceptors (Lipinski definition) is 12. The smallest absolute Gasteiger partial charge is 0.487 e. The minimum atomic E-state index is -0.729. The van der Waals surface area contributed by atoms with E-state index in [4.69, 9.17) is 20.0 Å². The second-order valence-electron chi connectivity index (χ2n) is 10.9. The van der Waals surface area contributed by atoms with Crippen LogP contribution in [0, 0.1) is 6.92 Å². The number of carbonyl (C=O) groups excluding carboxylic acids is 2. The van der Waals surface area contributed by atoms with E-state index in [1.54, 1.807) is 31.2 Å². The first kappa shape index (κ1) is 27.6. The molecule has 2 aliphatic heterocycles. The molecule has 0 bridgehead atoms. The van der Waals surface area contributed by atoms with Gasteiger partial charge in [-0.05, 0) is 58.4 Å². The monoisotopic (exact) mass is 570 g/mol. The summed E-state index contributed by atoms with van der Waals surface area (Å²) in [5.74, 6) is 1.59. The molecule has 214 valence electrons. The van der Waals surface area contributed by atoms with Crippen molar-refractivity contribution >= 4 is 51.3 Å². The highest BCUT2D eigenvalue weighted by atomic mass is 32.1. The zero-order valence-electron chi connectivity index (χ0n) is 23.2. The number of ether oxygens (including phenoxy) is 2. The van der Waals surface area contributed by atoms with Gasteiger partial charge in [0.05, 0.1) is 18.6 Å². The molecule has 13 nitrogen and oxygen atoms in total. The third-order valence-corrected chi connectivity index (χ3v) is 7.25. The van der Waals surface area contributed by atoms with Gasteiger partial charge in [0.15, 0.2) is 10.6 Å². The van der Waals surface area contributed by atoms with Gasteiger partial charge in [0.25, 0.3) is 0 Å². The van der Waals surface area contributed by atoms with Gasteiger partial charge >= 0.3 is 12.2 Å². The summed E-state index contributed by atoms with van der Waals surface area (Å²) < 4.78 is 11.1. The maximum atomic E-state index is 13.1. The number of fused-ring (bicyclic) bond motifs is 1. The van der Waals surface area contributed by atoms with Crippen LogP contribution in [0.3, 0.4) is 0 Å². The van der Waals surface area contributed by atoms with Gasteiger partial charge in [0, 0.05) is 31.4 Å². The first-order chi connectivity index (χ1) is 18.9. The Morgan fingerprint density at radius 1 is 1.15 bits per heavy atom. The number of anilines is 3. The largest absolute Gasteiger partial charge is 0.528 e. The molecule has 2 fully saturated rings. The lowest BCUT2D eigenvalue weighted by atomic mass is 10.1. The van der Waals surface area contributed by atoms with Crippen LogP contribution in [0.1, 0.15) is 33.3 Å². The van der Waals surface area contributed by atoms with Gasteiger partial charge < -0.3 is 35.2 Å². The number of aryl methyl sites for hydroxylation is 1. The predicted octanol–water partition coefficient (Wildman–Crippen LogP) is 3.65. The van der Waals surface area contributed by atoms with Crippen LogP contribution in [0.5, 0.6) is 5.75 Å². The molecule has 5 rings (SSSR count). The third kappa shape index (κ3) is 6.28. The van der Waals surface area contributed by atoms with Crippen LogP contribution in [0.2, 0.25) is 0 Å². The summed E-state index contributed by atoms with van der Waals surface area (Å²) in [6, 6.07) is 5.37. The summed E-state index contributed by atoms with van der Waals surface area (Å²) in [7, 11) is 0. The lowest BCUT2D eigenvalue weighted by Crippen LogP contribution is -2.55. The minimum Gasteiger partial charge on any atom is -0.487 e. The number of nitrogen functional groups attached to an aromatic ring is 1. The van der Waals surface area contributed by atoms with Gasteiger partial charge in [-0.2, -0.15) is 4.98 Å². The number of thiazole rings is 1. The van der Waals surface area contributed by atoms with Gasteiger partial charge in [-0.1, -0.05) is 0 Å². The maximum Gasteiger partial charge on any atom is 0.528 e. The number of hydrogen-bond donors (Lipinski definition) is 2. The van der Waals surface area contributed by atoms with Crippen molar-refractivity contribution in [3.8, 4) is 5.75 Å². The number of aromatic nitrogens is 3. The number of urea groups is 1. The Kier molecular flexibility index (Phi) is 7.55. The normalized spacial score (nSPS) is 18.4. The Morgan fingerprint density at radius 2 is 1.93 bits per heavy atom. The average molecular weight is 571 g/mol. The molecule has 2 aliphatic rings. The molecule has 1 aromatic carbocycles. The van der Waals surface area contributed by atoms with Crippen molar-refractivity contribution in [2.45, 2.75) is 52.4 Å². The van der Waals surface area contributed by atoms with E-state index in [0.29, 0.717) is 50.0 Å². The van der Waals surface area contributed by atoms with Crippen molar-refractivity contribution in [2.24, 2.45) is 0 Å². The molecule has 0 aliphatic carbocycles. The third-order valence-electron chi connectivity index (χ3n) is 6.53. The Balaban J connectivity index is 1.12. The molecule has 14 heteroatoms. The summed E-state index contributed by atoms with van der Waals surface area (Å²) in [5, 5.41) is 4.52. The van der Waals surface area contributed by atoms with E-state index >= 15 is 0 Å². The lowest BCUT2D eigenvalue weighted by Gasteiger charge is -2.40. The number of piperazine rings is 1. The van der Waals surface area contributed by atoms with E-state index < -0.39 is 11.8 Å². The Morgan fingerprint density at radius 3 is 2.62 bits per heavy atom. The van der Waals surface area contributed by atoms with Crippen molar-refractivity contribution in [1.82, 2.24) is 24.9 Å². The second kappa shape index (κ2) is 10.9. The van der Waals surface area contributed by atoms with Gasteiger partial charge in [0.1, 0.15) is 23.0 Å². The van der Waals surface area contributed by atoms with E-state index in [-0.39, 0.29) is 24.1 Å². The maximum absolute atomic E-state index is 13.1. The van der Waals surface area contributed by atoms with E-state index in [1.165, 1.54) is 16.4 Å². The molecule has 0 saturated carbocycles. The van der Waals surface area contributed by atoms with Crippen molar-refractivity contribution in [3.63, 3.8) is 0 Å². The topological polar surface area (TPSA) is 148 Å². The molecular formula is C26H34N8O5S. The number of amides is 2. The molecule has 3 N–H and O–H groups in total. The fraction of sp³-hybridized carbons (Fsp3) is 0.500. The summed E-state index contributed by atoms with van der Waals surface area (Å²) in [5.41, 5.74) is 9.36. The predicted molar refractivity (Wildman–Crippen MR) is 152 cm³/mol. The fourth-order valence-electron chi connectivity index (χ4n) is 4.58. The molecule has 4 heterocycles. The molecule has 0 spiro atoms. The standard InChI is InChI=1S/C26H34N8O5S/c1-15-10-17(37-18-12-33(13-18)39-25(36)38-26(3,4)5)6-7-19(15)29-24(35)32-8-9-34(16(2)11-32)21-20-22(40-14-28-20)31-23(27)30-21/h6-7,10,14,16,18H,8-9,11-13H2,1-5H3,(H,29,35)(H2,27,30,31)/t16-/m0/s1. The van der Waals surface area contributed by atoms with Crippen molar-refractivity contribution in [2.75, 3.05) is 48.7 Å². The molecule has 0 unspecified atom stereocenters. The quantitative estimate of drug-likeness (QED) is 0.433. The number of nitrogens with zero attached hydrogens (tertiary/aromatic N) is 6. The number of benzene rings is 1. The zero-order valence-corrected chi connectivity index (χ0v) is 24.0. The molecule has 1 atom stereocenters. The summed E-state index contributed by atoms with van der Waals surface area (Å²) >= 11 is 1.42. The van der Waals surface area contributed by atoms with Crippen molar-refractivity contribution in [1.29, 1.82) is 0 Å². The van der Waals surface area contributed by atoms with Crippen LogP contribution in [-0.4, -0.2) is 87.6 Å². The highest BCUT2D eigenvalue weighted by Gasteiger charge is 2.34. The highest BCUT2D eigenvalue weighted by Crippen LogP contribution is 2.29. The minimum absolute atomic E-state index is 0.0110. The van der Waals surface area contributed by atoms with Gasteiger partial charge in [0.2, 0.25) is 5.95 Å². The molecular weight excluding hydrogens is 536 g/mol. The molecule has 2 aromatic heterocycles. The number of nitrogens with two attached hydrogens (primary N) is 1. The van der Waals surface area contributed by atoms with Crippen LogP contribution < -0.4 is 20.7 Å². The fourth-order valence-corrected chi connectivity index (χ4v) is 5.24. The van der Waals surface area contributed by atoms with Crippen LogP contribution in [-0.2, 0) is 9.57 Å². The number of nitrogens with one attached hydrogen (secondary N) is 1. The van der Waals surface area contributed by atoms with Crippen LogP contribution in [0.25, 0.3) is 10.3 Å². The van der Waals surface area contributed by atoms with E-state index in [1.807, 2.05) is 32.0 Å². The van der Waals surface area contributed by atoms with E-state index in [9.17, 15) is 9.59 Å². The number of carbonyl (C=O) groups is 2. The number of hydroxylamine groups is 2. The zero-order chi connectivity index (χ0) is 28.6. The number of rotatable bonds is 5. The van der Waals surface area contributed by atoms with Gasteiger partial charge in [-0.3, -0.25) is 0 Å². The van der Waals surface area contributed by atoms with Crippen molar-refractivity contribution < 1.29 is 23.9 Å². The lowest BCUT2D eigenvalue weighted by molar-refractivity contribution is -0.206. The summed E-state index contributed by atoms with van der Waals surface area (Å²) in [4.78, 5) is 47.8. The van der Waals surface area contributed by atoms with Crippen LogP contribution >= 0.6 is 11.3 Å². The summed E-state index contributed by atoms with van der Waals surface area (Å²) in [6.07, 6.45) is -0.844. The Bertz CT molecular complexity index is 1400. The molecule has 2 amide bonds. The van der Waals surface area contributed by atoms with Crippen molar-refractivity contribution in [3.05, 3.63) is 29.3 Å². The SMILES string of the molecule is Cc1cc(OC2CN(OC(=O)OC(C)(C)C)C2)ccc1NC(=O)N1CCN(c2nc(N)nc3scnc23)[C@@H](C)C1. The molecule has 0 radical (unpaired) electrons. The molecule has 40 heavy (non-hydrogen) atoms. The van der Waals surface area contributed by atoms with E-state index in [0.717, 1.165) is 15.9 Å². The van der Waals surface area contributed by atoms with E-state index in [2.05, 4.69) is 25.2 Å². The second-order valence-corrected chi connectivity index (χ2v) is 11.8. The highest BCUT2D eigenvalue weighted by molar-refractivity contribution is 7.16. The summed E-state index contributed by atoms with van der Waals surface area (Å²) in [6.45, 7) is 11.8. The first-order valence-corrected chi connectivity index (χ1v) is 14.0. The molecule has 3 aromatic rings. The Hall–Kier alpha value is -3.91. The Labute approximate surface area is 236 Å². The average Bonchev–Trinajstić information content (AvgIpc) is 3.31.